The van der Waals surface area contributed by atoms with Crippen LogP contribution in [-0.4, -0.2) is 35.2 Å². The fourth-order valence-electron chi connectivity index (χ4n) is 2.77. The molecule has 5 heteroatoms. The van der Waals surface area contributed by atoms with Gasteiger partial charge in [0.1, 0.15) is 0 Å². The maximum Gasteiger partial charge on any atom is 0.248 e. The van der Waals surface area contributed by atoms with Crippen molar-refractivity contribution in [1.82, 2.24) is 4.90 Å². The molecule has 0 radical (unpaired) electrons. The van der Waals surface area contributed by atoms with Gasteiger partial charge in [0.2, 0.25) is 11.8 Å². The quantitative estimate of drug-likeness (QED) is 0.675. The van der Waals surface area contributed by atoms with E-state index in [2.05, 4.69) is 6.92 Å². The van der Waals surface area contributed by atoms with E-state index in [1.165, 1.54) is 0 Å². The largest absolute Gasteiger partial charge is 0.341 e. The van der Waals surface area contributed by atoms with Gasteiger partial charge in [-0.3, -0.25) is 4.79 Å². The second-order valence-electron chi connectivity index (χ2n) is 5.70. The third-order valence-electron chi connectivity index (χ3n) is 4.24. The average Bonchev–Trinajstić information content (AvgIpc) is 2.32. The van der Waals surface area contributed by atoms with Gasteiger partial charge in [-0.25, -0.2) is 8.78 Å². The van der Waals surface area contributed by atoms with Gasteiger partial charge in [0.15, 0.2) is 0 Å². The van der Waals surface area contributed by atoms with Crippen molar-refractivity contribution < 1.29 is 13.6 Å². The molecule has 2 unspecified atom stereocenters. The second kappa shape index (κ2) is 5.32. The Kier molecular flexibility index (Phi) is 4.15. The molecule has 0 aromatic carbocycles. The Morgan fingerprint density at radius 3 is 2.44 bits per heavy atom. The van der Waals surface area contributed by atoms with Crippen LogP contribution in [0.15, 0.2) is 0 Å². The Labute approximate surface area is 112 Å². The number of hydrogen-bond acceptors (Lipinski definition) is 1. The Bertz CT molecular complexity index is 314. The van der Waals surface area contributed by atoms with Crippen molar-refractivity contribution >= 4 is 17.5 Å². The molecule has 104 valence electrons. The minimum absolute atomic E-state index is 0.00673. The first-order valence-electron chi connectivity index (χ1n) is 6.70. The molecule has 2 atom stereocenters. The molecule has 1 aliphatic heterocycles. The molecule has 1 saturated carbocycles. The third-order valence-corrected chi connectivity index (χ3v) is 4.81. The lowest BCUT2D eigenvalue weighted by molar-refractivity contribution is -0.140. The average molecular weight is 280 g/mol. The summed E-state index contributed by atoms with van der Waals surface area (Å²) in [6, 6.07) is 0. The second-order valence-corrected chi connectivity index (χ2v) is 6.26. The highest BCUT2D eigenvalue weighted by Gasteiger charge is 2.39. The molecule has 1 aliphatic carbocycles. The first kappa shape index (κ1) is 14.0. The summed E-state index contributed by atoms with van der Waals surface area (Å²) in [6.07, 6.45) is 1.22. The summed E-state index contributed by atoms with van der Waals surface area (Å²) in [5, 5.41) is -0.00673. The number of halogens is 3. The highest BCUT2D eigenvalue weighted by atomic mass is 35.5. The summed E-state index contributed by atoms with van der Waals surface area (Å²) in [4.78, 5) is 14.0. The van der Waals surface area contributed by atoms with E-state index in [1.54, 1.807) is 4.90 Å². The van der Waals surface area contributed by atoms with Crippen molar-refractivity contribution in [2.24, 2.45) is 11.8 Å². The van der Waals surface area contributed by atoms with E-state index in [-0.39, 0.29) is 30.0 Å². The Hall–Kier alpha value is -0.380. The summed E-state index contributed by atoms with van der Waals surface area (Å²) in [5.74, 6) is -2.33. The number of amides is 1. The van der Waals surface area contributed by atoms with Gasteiger partial charge < -0.3 is 4.90 Å². The van der Waals surface area contributed by atoms with Crippen LogP contribution in [0.5, 0.6) is 0 Å². The predicted octanol–water partition coefficient (Wildman–Crippen LogP) is 3.29. The molecule has 1 amide bonds. The van der Waals surface area contributed by atoms with Gasteiger partial charge in [0.05, 0.1) is 5.38 Å². The molecule has 1 saturated heterocycles. The molecular weight excluding hydrogens is 260 g/mol. The number of carbonyl (C=O) groups excluding carboxylic acids is 1. The van der Waals surface area contributed by atoms with Crippen LogP contribution in [0.1, 0.15) is 39.0 Å². The fourth-order valence-corrected chi connectivity index (χ4v) is 3.06. The molecule has 0 N–H and O–H groups in total. The van der Waals surface area contributed by atoms with E-state index in [1.807, 2.05) is 0 Å². The van der Waals surface area contributed by atoms with Gasteiger partial charge in [-0.15, -0.1) is 11.6 Å². The SMILES string of the molecule is CC1CCN(C(=O)C2CCC(F)(F)CC2)CC1Cl. The lowest BCUT2D eigenvalue weighted by Gasteiger charge is -2.37. The molecule has 1 heterocycles. The van der Waals surface area contributed by atoms with Gasteiger partial charge in [-0.05, 0) is 25.2 Å². The Balaban J connectivity index is 1.88. The van der Waals surface area contributed by atoms with E-state index >= 15 is 0 Å². The molecule has 0 spiro atoms. The van der Waals surface area contributed by atoms with Crippen LogP contribution in [0.2, 0.25) is 0 Å². The molecule has 0 bridgehead atoms. The van der Waals surface area contributed by atoms with Gasteiger partial charge in [-0.2, -0.15) is 0 Å². The van der Waals surface area contributed by atoms with Crippen molar-refractivity contribution in [2.45, 2.75) is 50.3 Å². The Morgan fingerprint density at radius 2 is 1.89 bits per heavy atom. The van der Waals surface area contributed by atoms with Gasteiger partial charge in [0.25, 0.3) is 0 Å². The maximum atomic E-state index is 13.1. The number of likely N-dealkylation sites (tertiary alicyclic amines) is 1. The van der Waals surface area contributed by atoms with Crippen LogP contribution >= 0.6 is 11.6 Å². The number of carbonyl (C=O) groups is 1. The predicted molar refractivity (Wildman–Crippen MR) is 66.9 cm³/mol. The molecule has 0 aromatic heterocycles. The van der Waals surface area contributed by atoms with Crippen molar-refractivity contribution in [3.63, 3.8) is 0 Å². The number of hydrogen-bond donors (Lipinski definition) is 0. The minimum Gasteiger partial charge on any atom is -0.341 e. The molecule has 2 fully saturated rings. The van der Waals surface area contributed by atoms with Crippen LogP contribution in [-0.2, 0) is 4.79 Å². The van der Waals surface area contributed by atoms with Crippen molar-refractivity contribution in [1.29, 1.82) is 0 Å². The number of piperidine rings is 1. The normalized spacial score (nSPS) is 33.4. The van der Waals surface area contributed by atoms with Gasteiger partial charge >= 0.3 is 0 Å². The highest BCUT2D eigenvalue weighted by molar-refractivity contribution is 6.21. The van der Waals surface area contributed by atoms with Crippen LogP contribution in [0.3, 0.4) is 0 Å². The first-order valence-corrected chi connectivity index (χ1v) is 7.13. The topological polar surface area (TPSA) is 20.3 Å². The molecule has 0 aromatic rings. The fraction of sp³-hybridized carbons (Fsp3) is 0.923. The summed E-state index contributed by atoms with van der Waals surface area (Å²) in [5.41, 5.74) is 0. The lowest BCUT2D eigenvalue weighted by Crippen LogP contribution is -2.47. The standard InChI is InChI=1S/C13H20ClF2NO/c1-9-4-7-17(8-11(9)14)12(18)10-2-5-13(15,16)6-3-10/h9-11H,2-8H2,1H3. The molecule has 2 nitrogen and oxygen atoms in total. The van der Waals surface area contributed by atoms with Crippen LogP contribution in [0.4, 0.5) is 8.78 Å². The zero-order valence-electron chi connectivity index (χ0n) is 10.7. The molecule has 2 aliphatic rings. The summed E-state index contributed by atoms with van der Waals surface area (Å²) in [6.45, 7) is 3.37. The zero-order chi connectivity index (χ0) is 13.3. The smallest absolute Gasteiger partial charge is 0.248 e. The van der Waals surface area contributed by atoms with Crippen molar-refractivity contribution in [3.05, 3.63) is 0 Å². The van der Waals surface area contributed by atoms with E-state index in [0.29, 0.717) is 25.3 Å². The summed E-state index contributed by atoms with van der Waals surface area (Å²) < 4.78 is 26.1. The van der Waals surface area contributed by atoms with Crippen LogP contribution in [0, 0.1) is 11.8 Å². The molecular formula is C13H20ClF2NO. The molecule has 2 rings (SSSR count). The maximum absolute atomic E-state index is 13.1. The Morgan fingerprint density at radius 1 is 1.28 bits per heavy atom. The van der Waals surface area contributed by atoms with E-state index < -0.39 is 5.92 Å². The zero-order valence-corrected chi connectivity index (χ0v) is 11.4. The first-order chi connectivity index (χ1) is 8.39. The van der Waals surface area contributed by atoms with Crippen molar-refractivity contribution in [2.75, 3.05) is 13.1 Å². The minimum atomic E-state index is -2.57. The number of nitrogens with zero attached hydrogens (tertiary/aromatic N) is 1. The summed E-state index contributed by atoms with van der Waals surface area (Å²) >= 11 is 6.18. The van der Waals surface area contributed by atoms with Crippen LogP contribution in [0.25, 0.3) is 0 Å². The van der Waals surface area contributed by atoms with E-state index in [4.69, 9.17) is 11.6 Å². The van der Waals surface area contributed by atoms with Crippen molar-refractivity contribution in [3.8, 4) is 0 Å². The monoisotopic (exact) mass is 279 g/mol. The third kappa shape index (κ3) is 3.14. The lowest BCUT2D eigenvalue weighted by atomic mass is 9.85. The van der Waals surface area contributed by atoms with Gasteiger partial charge in [-0.1, -0.05) is 6.92 Å². The van der Waals surface area contributed by atoms with Gasteiger partial charge in [0, 0.05) is 31.8 Å². The van der Waals surface area contributed by atoms with E-state index in [9.17, 15) is 13.6 Å². The highest BCUT2D eigenvalue weighted by Crippen LogP contribution is 2.37. The molecule has 18 heavy (non-hydrogen) atoms. The van der Waals surface area contributed by atoms with E-state index in [0.717, 1.165) is 13.0 Å². The number of alkyl halides is 3. The van der Waals surface area contributed by atoms with Crippen LogP contribution < -0.4 is 0 Å². The number of rotatable bonds is 1. The summed E-state index contributed by atoms with van der Waals surface area (Å²) in [7, 11) is 0.